The van der Waals surface area contributed by atoms with E-state index in [9.17, 15) is 0 Å². The first kappa shape index (κ1) is 16.8. The van der Waals surface area contributed by atoms with Gasteiger partial charge in [0.05, 0.1) is 6.54 Å². The Morgan fingerprint density at radius 3 is 2.77 bits per heavy atom. The van der Waals surface area contributed by atoms with Gasteiger partial charge in [-0.15, -0.1) is 0 Å². The number of fused-ring (bicyclic) bond motifs is 1. The molecular weight excluding hydrogens is 324 g/mol. The summed E-state index contributed by atoms with van der Waals surface area (Å²) in [7, 11) is 2.03. The molecule has 2 heterocycles. The van der Waals surface area contributed by atoms with Crippen molar-refractivity contribution in [3.63, 3.8) is 0 Å². The van der Waals surface area contributed by atoms with Crippen LogP contribution in [0.3, 0.4) is 0 Å². The molecule has 1 atom stereocenters. The summed E-state index contributed by atoms with van der Waals surface area (Å²) in [5, 5.41) is 0. The second kappa shape index (κ2) is 7.32. The Balaban J connectivity index is 1.49. The normalized spacial score (nSPS) is 16.6. The zero-order chi connectivity index (χ0) is 17.9. The first-order valence-corrected chi connectivity index (χ1v) is 8.94. The van der Waals surface area contributed by atoms with Gasteiger partial charge >= 0.3 is 0 Å². The average Bonchev–Trinajstić information content (AvgIpc) is 3.23. The van der Waals surface area contributed by atoms with Crippen molar-refractivity contribution in [2.75, 3.05) is 6.54 Å². The fraction of sp³-hybridized carbons (Fsp3) is 0.286. The van der Waals surface area contributed by atoms with E-state index in [0.717, 1.165) is 24.7 Å². The number of nitrogens with two attached hydrogens (primary N) is 1. The van der Waals surface area contributed by atoms with Crippen LogP contribution in [0, 0.1) is 0 Å². The fourth-order valence-corrected chi connectivity index (χ4v) is 3.56. The van der Waals surface area contributed by atoms with Crippen LogP contribution in [0.25, 0.3) is 0 Å². The number of aryl methyl sites for hydroxylation is 1. The van der Waals surface area contributed by atoms with E-state index < -0.39 is 0 Å². The summed E-state index contributed by atoms with van der Waals surface area (Å²) in [6, 6.07) is 16.8. The number of imidazole rings is 1. The number of aromatic nitrogens is 2. The van der Waals surface area contributed by atoms with Crippen molar-refractivity contribution in [2.24, 2.45) is 12.8 Å². The van der Waals surface area contributed by atoms with E-state index in [1.807, 2.05) is 37.6 Å². The highest BCUT2D eigenvalue weighted by molar-refractivity contribution is 5.41. The molecule has 2 N–H and O–H groups in total. The molecule has 0 fully saturated rings. The third kappa shape index (κ3) is 3.36. The highest BCUT2D eigenvalue weighted by Crippen LogP contribution is 2.36. The topological polar surface area (TPSA) is 56.3 Å². The number of ether oxygens (including phenoxy) is 1. The molecule has 0 bridgehead atoms. The van der Waals surface area contributed by atoms with Crippen molar-refractivity contribution in [2.45, 2.75) is 25.7 Å². The van der Waals surface area contributed by atoms with Crippen LogP contribution in [0.4, 0.5) is 0 Å². The van der Waals surface area contributed by atoms with Gasteiger partial charge in [0.2, 0.25) is 0 Å². The molecule has 2 aromatic carbocycles. The van der Waals surface area contributed by atoms with Crippen LogP contribution >= 0.6 is 0 Å². The minimum Gasteiger partial charge on any atom is -0.489 e. The predicted molar refractivity (Wildman–Crippen MR) is 101 cm³/mol. The number of rotatable bonds is 6. The van der Waals surface area contributed by atoms with E-state index in [4.69, 9.17) is 10.5 Å². The van der Waals surface area contributed by atoms with Crippen molar-refractivity contribution < 1.29 is 4.74 Å². The van der Waals surface area contributed by atoms with Crippen LogP contribution in [0.1, 0.15) is 28.6 Å². The molecule has 4 rings (SSSR count). The summed E-state index contributed by atoms with van der Waals surface area (Å²) in [6.45, 7) is 2.84. The molecule has 0 amide bonds. The van der Waals surface area contributed by atoms with Gasteiger partial charge in [0.15, 0.2) is 0 Å². The third-order valence-electron chi connectivity index (χ3n) is 5.03. The van der Waals surface area contributed by atoms with Gasteiger partial charge in [0.25, 0.3) is 0 Å². The average molecular weight is 348 g/mol. The fourth-order valence-electron chi connectivity index (χ4n) is 3.56. The molecule has 0 aliphatic carbocycles. The van der Waals surface area contributed by atoms with Crippen molar-refractivity contribution in [3.05, 3.63) is 83.4 Å². The highest BCUT2D eigenvalue weighted by Gasteiger charge is 2.30. The summed E-state index contributed by atoms with van der Waals surface area (Å²) in [4.78, 5) is 6.83. The van der Waals surface area contributed by atoms with Gasteiger partial charge in [-0.25, -0.2) is 4.98 Å². The van der Waals surface area contributed by atoms with Crippen LogP contribution in [0.2, 0.25) is 0 Å². The Morgan fingerprint density at radius 1 is 1.19 bits per heavy atom. The molecule has 0 saturated carbocycles. The molecule has 3 aromatic rings. The molecule has 134 valence electrons. The van der Waals surface area contributed by atoms with Gasteiger partial charge in [-0.1, -0.05) is 36.4 Å². The molecule has 26 heavy (non-hydrogen) atoms. The lowest BCUT2D eigenvalue weighted by Crippen LogP contribution is -2.28. The Labute approximate surface area is 154 Å². The van der Waals surface area contributed by atoms with Crippen molar-refractivity contribution in [1.29, 1.82) is 0 Å². The first-order valence-electron chi connectivity index (χ1n) is 8.94. The summed E-state index contributed by atoms with van der Waals surface area (Å²) in [5.74, 6) is 1.95. The SMILES string of the molecule is Cn1ccnc1CN1Cc2ccc(OCc3ccccc3)cc2C1CN. The molecular formula is C21H24N4O. The van der Waals surface area contributed by atoms with E-state index >= 15 is 0 Å². The van der Waals surface area contributed by atoms with Crippen LogP contribution in [0.5, 0.6) is 5.75 Å². The standard InChI is InChI=1S/C21H24N4O/c1-24-10-9-23-21(24)14-25-13-17-7-8-18(11-19(17)20(25)12-22)26-15-16-5-3-2-4-6-16/h2-11,20H,12-15,22H2,1H3. The van der Waals surface area contributed by atoms with Gasteiger partial charge in [0.1, 0.15) is 18.2 Å². The Kier molecular flexibility index (Phi) is 4.73. The van der Waals surface area contributed by atoms with Gasteiger partial charge < -0.3 is 15.0 Å². The van der Waals surface area contributed by atoms with Crippen LogP contribution < -0.4 is 10.5 Å². The molecule has 0 radical (unpaired) electrons. The lowest BCUT2D eigenvalue weighted by atomic mass is 10.0. The van der Waals surface area contributed by atoms with Crippen molar-refractivity contribution >= 4 is 0 Å². The molecule has 0 spiro atoms. The van der Waals surface area contributed by atoms with Crippen LogP contribution in [-0.4, -0.2) is 21.0 Å². The second-order valence-corrected chi connectivity index (χ2v) is 6.75. The van der Waals surface area contributed by atoms with Crippen molar-refractivity contribution in [3.8, 4) is 5.75 Å². The minimum atomic E-state index is 0.196. The largest absolute Gasteiger partial charge is 0.489 e. The number of hydrogen-bond acceptors (Lipinski definition) is 4. The maximum absolute atomic E-state index is 6.11. The summed E-state index contributed by atoms with van der Waals surface area (Å²) in [5.41, 5.74) is 9.87. The highest BCUT2D eigenvalue weighted by atomic mass is 16.5. The maximum atomic E-state index is 6.11. The van der Waals surface area contributed by atoms with Gasteiger partial charge in [-0.05, 0) is 28.8 Å². The van der Waals surface area contributed by atoms with Gasteiger partial charge in [-0.2, -0.15) is 0 Å². The number of benzene rings is 2. The zero-order valence-corrected chi connectivity index (χ0v) is 15.0. The number of hydrogen-bond donors (Lipinski definition) is 1. The van der Waals surface area contributed by atoms with E-state index in [1.54, 1.807) is 0 Å². The van der Waals surface area contributed by atoms with E-state index in [2.05, 4.69) is 44.8 Å². The maximum Gasteiger partial charge on any atom is 0.122 e. The summed E-state index contributed by atoms with van der Waals surface area (Å²) >= 11 is 0. The minimum absolute atomic E-state index is 0.196. The molecule has 1 aliphatic heterocycles. The third-order valence-corrected chi connectivity index (χ3v) is 5.03. The molecule has 1 aliphatic rings. The predicted octanol–water partition coefficient (Wildman–Crippen LogP) is 3.01. The molecule has 1 unspecified atom stereocenters. The summed E-state index contributed by atoms with van der Waals surface area (Å²) < 4.78 is 8.06. The Bertz CT molecular complexity index is 875. The van der Waals surface area contributed by atoms with Crippen LogP contribution in [-0.2, 0) is 26.7 Å². The lowest BCUT2D eigenvalue weighted by molar-refractivity contribution is 0.203. The monoisotopic (exact) mass is 348 g/mol. The van der Waals surface area contributed by atoms with Gasteiger partial charge in [0, 0.05) is 38.6 Å². The Hall–Kier alpha value is -2.63. The first-order chi connectivity index (χ1) is 12.7. The molecule has 5 heteroatoms. The van der Waals surface area contributed by atoms with Crippen LogP contribution in [0.15, 0.2) is 60.9 Å². The smallest absolute Gasteiger partial charge is 0.122 e. The molecule has 5 nitrogen and oxygen atoms in total. The zero-order valence-electron chi connectivity index (χ0n) is 15.0. The summed E-state index contributed by atoms with van der Waals surface area (Å²) in [6.07, 6.45) is 3.82. The van der Waals surface area contributed by atoms with Crippen molar-refractivity contribution in [1.82, 2.24) is 14.5 Å². The lowest BCUT2D eigenvalue weighted by Gasteiger charge is -2.23. The van der Waals surface area contributed by atoms with Gasteiger partial charge in [-0.3, -0.25) is 4.90 Å². The second-order valence-electron chi connectivity index (χ2n) is 6.75. The number of nitrogens with zero attached hydrogens (tertiary/aromatic N) is 3. The van der Waals surface area contributed by atoms with E-state index in [0.29, 0.717) is 13.2 Å². The quantitative estimate of drug-likeness (QED) is 0.744. The molecule has 0 saturated heterocycles. The Morgan fingerprint density at radius 2 is 2.04 bits per heavy atom. The molecule has 1 aromatic heterocycles. The van der Waals surface area contributed by atoms with E-state index in [1.165, 1.54) is 16.7 Å². The van der Waals surface area contributed by atoms with E-state index in [-0.39, 0.29) is 6.04 Å².